The molecule has 0 bridgehead atoms. The first-order valence-electron chi connectivity index (χ1n) is 7.49. The third-order valence-corrected chi connectivity index (χ3v) is 4.76. The van der Waals surface area contributed by atoms with Crippen LogP contribution in [0.3, 0.4) is 0 Å². The van der Waals surface area contributed by atoms with Crippen LogP contribution in [0.15, 0.2) is 53.7 Å². The first-order valence-corrected chi connectivity index (χ1v) is 8.47. The Labute approximate surface area is 148 Å². The minimum atomic E-state index is -0.393. The number of nitro benzene ring substituents is 1. The zero-order chi connectivity index (χ0) is 17.8. The number of hydrogen-bond acceptors (Lipinski definition) is 6. The normalized spacial score (nSPS) is 10.6. The molecule has 0 atom stereocenters. The molecule has 0 amide bonds. The van der Waals surface area contributed by atoms with Gasteiger partial charge in [-0.25, -0.2) is 0 Å². The highest BCUT2D eigenvalue weighted by molar-refractivity contribution is 7.98. The molecule has 8 heteroatoms. The lowest BCUT2D eigenvalue weighted by Gasteiger charge is -2.08. The number of aromatic nitrogens is 3. The molecular weight excluding hydrogens is 340 g/mol. The summed E-state index contributed by atoms with van der Waals surface area (Å²) < 4.78 is 7.27. The first-order chi connectivity index (χ1) is 12.1. The molecule has 0 unspecified atom stereocenters. The molecular formula is C17H16N4O3S. The van der Waals surface area contributed by atoms with E-state index in [0.717, 1.165) is 22.0 Å². The van der Waals surface area contributed by atoms with Crippen molar-refractivity contribution in [1.29, 1.82) is 0 Å². The number of methoxy groups -OCH3 is 1. The number of thioether (sulfide) groups is 1. The van der Waals surface area contributed by atoms with Gasteiger partial charge in [-0.1, -0.05) is 36.0 Å². The smallest absolute Gasteiger partial charge is 0.269 e. The Balaban J connectivity index is 1.80. The molecule has 7 nitrogen and oxygen atoms in total. The summed E-state index contributed by atoms with van der Waals surface area (Å²) in [7, 11) is 3.50. The van der Waals surface area contributed by atoms with E-state index in [9.17, 15) is 10.1 Å². The number of ether oxygens (including phenoxy) is 1. The summed E-state index contributed by atoms with van der Waals surface area (Å²) in [5, 5.41) is 20.1. The maximum atomic E-state index is 10.9. The third kappa shape index (κ3) is 3.63. The molecule has 0 aliphatic heterocycles. The van der Waals surface area contributed by atoms with E-state index >= 15 is 0 Å². The molecule has 128 valence electrons. The van der Waals surface area contributed by atoms with Crippen molar-refractivity contribution in [2.75, 3.05) is 7.11 Å². The zero-order valence-electron chi connectivity index (χ0n) is 13.7. The van der Waals surface area contributed by atoms with Crippen molar-refractivity contribution in [2.45, 2.75) is 10.9 Å². The van der Waals surface area contributed by atoms with Gasteiger partial charge in [-0.2, -0.15) is 0 Å². The van der Waals surface area contributed by atoms with E-state index < -0.39 is 4.92 Å². The average molecular weight is 356 g/mol. The van der Waals surface area contributed by atoms with Crippen molar-refractivity contribution < 1.29 is 9.66 Å². The Bertz CT molecular complexity index is 910. The van der Waals surface area contributed by atoms with Crippen molar-refractivity contribution in [3.8, 4) is 17.1 Å². The number of nitrogens with zero attached hydrogens (tertiary/aromatic N) is 4. The molecule has 3 aromatic rings. The fourth-order valence-corrected chi connectivity index (χ4v) is 3.27. The van der Waals surface area contributed by atoms with Crippen LogP contribution in [-0.4, -0.2) is 26.8 Å². The van der Waals surface area contributed by atoms with Gasteiger partial charge in [0.2, 0.25) is 0 Å². The van der Waals surface area contributed by atoms with Crippen molar-refractivity contribution in [1.82, 2.24) is 14.8 Å². The van der Waals surface area contributed by atoms with Crippen LogP contribution in [0, 0.1) is 10.1 Å². The average Bonchev–Trinajstić information content (AvgIpc) is 3.00. The van der Waals surface area contributed by atoms with Gasteiger partial charge in [-0.05, 0) is 17.7 Å². The van der Waals surface area contributed by atoms with E-state index in [1.165, 1.54) is 17.8 Å². The molecule has 3 rings (SSSR count). The lowest BCUT2D eigenvalue weighted by atomic mass is 10.2. The van der Waals surface area contributed by atoms with E-state index in [0.29, 0.717) is 11.6 Å². The van der Waals surface area contributed by atoms with Gasteiger partial charge in [0.1, 0.15) is 5.75 Å². The molecule has 0 spiro atoms. The fourth-order valence-electron chi connectivity index (χ4n) is 2.41. The van der Waals surface area contributed by atoms with Crippen molar-refractivity contribution in [3.05, 3.63) is 64.2 Å². The Morgan fingerprint density at radius 2 is 2.00 bits per heavy atom. The van der Waals surface area contributed by atoms with Crippen LogP contribution in [-0.2, 0) is 12.8 Å². The Morgan fingerprint density at radius 3 is 2.76 bits per heavy atom. The highest BCUT2D eigenvalue weighted by Crippen LogP contribution is 2.31. The third-order valence-electron chi connectivity index (χ3n) is 3.67. The second-order valence-electron chi connectivity index (χ2n) is 5.28. The molecule has 0 fully saturated rings. The number of rotatable bonds is 6. The minimum Gasteiger partial charge on any atom is -0.496 e. The highest BCUT2D eigenvalue weighted by atomic mass is 32.2. The Kier molecular flexibility index (Phi) is 4.99. The molecule has 0 radical (unpaired) electrons. The van der Waals surface area contributed by atoms with Crippen LogP contribution in [0.25, 0.3) is 11.4 Å². The second kappa shape index (κ2) is 7.35. The molecule has 0 saturated heterocycles. The van der Waals surface area contributed by atoms with Crippen LogP contribution in [0.1, 0.15) is 5.56 Å². The minimum absolute atomic E-state index is 0.0887. The van der Waals surface area contributed by atoms with Gasteiger partial charge in [-0.3, -0.25) is 10.1 Å². The van der Waals surface area contributed by atoms with E-state index in [-0.39, 0.29) is 5.69 Å². The van der Waals surface area contributed by atoms with Crippen LogP contribution in [0.2, 0.25) is 0 Å². The second-order valence-corrected chi connectivity index (χ2v) is 6.22. The molecule has 1 heterocycles. The van der Waals surface area contributed by atoms with Crippen LogP contribution in [0.5, 0.6) is 5.75 Å². The van der Waals surface area contributed by atoms with Crippen LogP contribution < -0.4 is 4.74 Å². The molecule has 2 aromatic carbocycles. The summed E-state index contributed by atoms with van der Waals surface area (Å²) >= 11 is 1.48. The Morgan fingerprint density at radius 1 is 1.20 bits per heavy atom. The maximum Gasteiger partial charge on any atom is 0.269 e. The summed E-state index contributed by atoms with van der Waals surface area (Å²) in [5.74, 6) is 2.01. The van der Waals surface area contributed by atoms with Gasteiger partial charge in [0.25, 0.3) is 5.69 Å². The highest BCUT2D eigenvalue weighted by Gasteiger charge is 2.15. The summed E-state index contributed by atoms with van der Waals surface area (Å²) in [5.41, 5.74) is 1.81. The van der Waals surface area contributed by atoms with Gasteiger partial charge in [-0.15, -0.1) is 10.2 Å². The number of benzene rings is 2. The van der Waals surface area contributed by atoms with Crippen molar-refractivity contribution in [2.24, 2.45) is 7.05 Å². The molecule has 0 aliphatic rings. The van der Waals surface area contributed by atoms with Gasteiger partial charge in [0.05, 0.1) is 17.6 Å². The number of nitro groups is 1. The summed E-state index contributed by atoms with van der Waals surface area (Å²) in [6.45, 7) is 0. The molecule has 0 saturated carbocycles. The van der Waals surface area contributed by atoms with Gasteiger partial charge >= 0.3 is 0 Å². The van der Waals surface area contributed by atoms with E-state index in [1.54, 1.807) is 19.2 Å². The van der Waals surface area contributed by atoms with Crippen molar-refractivity contribution in [3.63, 3.8) is 0 Å². The topological polar surface area (TPSA) is 83.1 Å². The summed E-state index contributed by atoms with van der Waals surface area (Å²) in [6, 6.07) is 14.2. The zero-order valence-corrected chi connectivity index (χ0v) is 14.6. The maximum absolute atomic E-state index is 10.9. The van der Waals surface area contributed by atoms with Crippen LogP contribution in [0.4, 0.5) is 5.69 Å². The van der Waals surface area contributed by atoms with E-state index in [2.05, 4.69) is 10.2 Å². The summed E-state index contributed by atoms with van der Waals surface area (Å²) in [4.78, 5) is 10.5. The number of para-hydroxylation sites is 1. The van der Waals surface area contributed by atoms with Crippen molar-refractivity contribution >= 4 is 17.4 Å². The number of non-ortho nitro benzene ring substituents is 1. The number of hydrogen-bond donors (Lipinski definition) is 0. The molecule has 0 N–H and O–H groups in total. The predicted octanol–water partition coefficient (Wildman–Crippen LogP) is 3.69. The molecule has 1 aromatic heterocycles. The largest absolute Gasteiger partial charge is 0.496 e. The quantitative estimate of drug-likeness (QED) is 0.380. The van der Waals surface area contributed by atoms with Gasteiger partial charge < -0.3 is 9.30 Å². The van der Waals surface area contributed by atoms with Crippen LogP contribution >= 0.6 is 11.8 Å². The van der Waals surface area contributed by atoms with E-state index in [1.807, 2.05) is 41.9 Å². The first kappa shape index (κ1) is 17.0. The lowest BCUT2D eigenvalue weighted by molar-refractivity contribution is -0.384. The Hall–Kier alpha value is -2.87. The predicted molar refractivity (Wildman–Crippen MR) is 95.6 cm³/mol. The van der Waals surface area contributed by atoms with Gasteiger partial charge in [0, 0.05) is 24.9 Å². The summed E-state index contributed by atoms with van der Waals surface area (Å²) in [6.07, 6.45) is 0. The standard InChI is InChI=1S/C17H16N4O3S/c1-20-16(14-8-3-4-9-15(14)24-2)18-19-17(20)25-11-12-6-5-7-13(10-12)21(22)23/h3-10H,11H2,1-2H3. The van der Waals surface area contributed by atoms with Gasteiger partial charge in [0.15, 0.2) is 11.0 Å². The SMILES string of the molecule is COc1ccccc1-c1nnc(SCc2cccc([N+](=O)[O-])c2)n1C. The molecule has 0 aliphatic carbocycles. The monoisotopic (exact) mass is 356 g/mol. The lowest BCUT2D eigenvalue weighted by Crippen LogP contribution is -1.97. The fraction of sp³-hybridized carbons (Fsp3) is 0.176. The van der Waals surface area contributed by atoms with E-state index in [4.69, 9.17) is 4.74 Å². The molecule has 25 heavy (non-hydrogen) atoms.